The molecule has 0 amide bonds. The Bertz CT molecular complexity index is 1700. The molecule has 2 aliphatic rings. The monoisotopic (exact) mass is 557 g/mol. The topological polar surface area (TPSA) is 103 Å². The molecular weight excluding hydrogens is 529 g/mol. The van der Waals surface area contributed by atoms with E-state index in [1.54, 1.807) is 18.3 Å². The van der Waals surface area contributed by atoms with Gasteiger partial charge in [-0.1, -0.05) is 29.8 Å². The number of benzene rings is 2. The van der Waals surface area contributed by atoms with Gasteiger partial charge in [-0.05, 0) is 56.3 Å². The third kappa shape index (κ3) is 4.94. The van der Waals surface area contributed by atoms with E-state index in [4.69, 9.17) is 20.8 Å². The molecule has 0 aliphatic carbocycles. The Morgan fingerprint density at radius 2 is 1.90 bits per heavy atom. The van der Waals surface area contributed by atoms with Crippen molar-refractivity contribution in [3.8, 4) is 11.3 Å². The number of piperazine rings is 1. The van der Waals surface area contributed by atoms with Crippen molar-refractivity contribution < 1.29 is 14.2 Å². The van der Waals surface area contributed by atoms with E-state index in [1.807, 2.05) is 44.2 Å². The standard InChI is InChI=1S/C29H29BClN5O4/c1-17-12-21(28-22(13-17)27(37)18(2)29(39-28)36-10-8-35(3)9-11-36)15-32-24-6-7-25(31)34-26(24)19-4-5-23-20(14-19)16-33-40-30(23)38/h4-7,12-14,16,32,38H,8-11,15H2,1-3H3. The molecule has 0 unspecified atom stereocenters. The van der Waals surface area contributed by atoms with Crippen LogP contribution in [0.4, 0.5) is 11.6 Å². The minimum atomic E-state index is -1.11. The Balaban J connectivity index is 1.37. The Kier molecular flexibility index (Phi) is 6.99. The molecule has 0 spiro atoms. The molecule has 4 heterocycles. The summed E-state index contributed by atoms with van der Waals surface area (Å²) in [7, 11) is 0.991. The molecule has 4 aromatic rings. The summed E-state index contributed by atoms with van der Waals surface area (Å²) in [5.41, 5.74) is 6.66. The van der Waals surface area contributed by atoms with Crippen molar-refractivity contribution in [3.05, 3.63) is 80.1 Å². The van der Waals surface area contributed by atoms with Crippen LogP contribution in [-0.2, 0) is 11.3 Å². The van der Waals surface area contributed by atoms with E-state index >= 15 is 0 Å². The van der Waals surface area contributed by atoms with E-state index in [1.165, 1.54) is 0 Å². The first-order chi connectivity index (χ1) is 19.3. The van der Waals surface area contributed by atoms with E-state index in [0.717, 1.165) is 54.1 Å². The van der Waals surface area contributed by atoms with E-state index < -0.39 is 7.12 Å². The minimum Gasteiger partial charge on any atom is -0.440 e. The summed E-state index contributed by atoms with van der Waals surface area (Å²) >= 11 is 6.30. The van der Waals surface area contributed by atoms with Crippen LogP contribution in [0.5, 0.6) is 0 Å². The number of aromatic nitrogens is 1. The van der Waals surface area contributed by atoms with Gasteiger partial charge < -0.3 is 29.3 Å². The lowest BCUT2D eigenvalue weighted by molar-refractivity contribution is 0.286. The number of pyridine rings is 1. The average Bonchev–Trinajstić information content (AvgIpc) is 2.95. The quantitative estimate of drug-likeness (QED) is 0.284. The molecule has 11 heteroatoms. The van der Waals surface area contributed by atoms with Gasteiger partial charge in [-0.15, -0.1) is 5.16 Å². The number of rotatable bonds is 5. The largest absolute Gasteiger partial charge is 0.583 e. The highest BCUT2D eigenvalue weighted by Crippen LogP contribution is 2.31. The van der Waals surface area contributed by atoms with Crippen LogP contribution >= 0.6 is 11.6 Å². The number of fused-ring (bicyclic) bond motifs is 2. The van der Waals surface area contributed by atoms with Crippen LogP contribution in [-0.4, -0.2) is 61.5 Å². The van der Waals surface area contributed by atoms with Crippen molar-refractivity contribution in [1.29, 1.82) is 0 Å². The highest BCUT2D eigenvalue weighted by Gasteiger charge is 2.26. The number of oxime groups is 1. The second kappa shape index (κ2) is 10.6. The van der Waals surface area contributed by atoms with Gasteiger partial charge in [0.1, 0.15) is 10.7 Å². The smallest absolute Gasteiger partial charge is 0.440 e. The van der Waals surface area contributed by atoms with Crippen molar-refractivity contribution in [2.24, 2.45) is 5.16 Å². The number of nitrogens with zero attached hydrogens (tertiary/aromatic N) is 4. The SMILES string of the molecule is Cc1cc(CNc2ccc(Cl)nc2-c2ccc3c(c2)C=NOB3O)c2oc(N3CCN(C)CC3)c(C)c(=O)c2c1. The zero-order valence-corrected chi connectivity index (χ0v) is 23.3. The molecule has 0 bridgehead atoms. The van der Waals surface area contributed by atoms with Gasteiger partial charge in [0.15, 0.2) is 5.43 Å². The van der Waals surface area contributed by atoms with Crippen molar-refractivity contribution in [1.82, 2.24) is 9.88 Å². The molecule has 2 aromatic carbocycles. The van der Waals surface area contributed by atoms with Gasteiger partial charge in [-0.2, -0.15) is 0 Å². The molecule has 0 saturated carbocycles. The molecule has 9 nitrogen and oxygen atoms in total. The Hall–Kier alpha value is -3.86. The summed E-state index contributed by atoms with van der Waals surface area (Å²) in [4.78, 5) is 22.5. The van der Waals surface area contributed by atoms with Crippen LogP contribution in [0.25, 0.3) is 22.2 Å². The van der Waals surface area contributed by atoms with Crippen molar-refractivity contribution in [2.75, 3.05) is 43.4 Å². The van der Waals surface area contributed by atoms with Crippen LogP contribution in [0, 0.1) is 13.8 Å². The van der Waals surface area contributed by atoms with E-state index in [-0.39, 0.29) is 5.43 Å². The molecule has 6 rings (SSSR count). The fraction of sp³-hybridized carbons (Fsp3) is 0.276. The third-order valence-electron chi connectivity index (χ3n) is 7.51. The summed E-state index contributed by atoms with van der Waals surface area (Å²) in [6.45, 7) is 7.67. The van der Waals surface area contributed by atoms with Crippen LogP contribution < -0.4 is 21.1 Å². The first-order valence-corrected chi connectivity index (χ1v) is 13.6. The maximum absolute atomic E-state index is 13.5. The number of aryl methyl sites for hydroxylation is 1. The number of nitrogens with one attached hydrogen (secondary N) is 1. The van der Waals surface area contributed by atoms with Gasteiger partial charge in [0.25, 0.3) is 0 Å². The Labute approximate surface area is 237 Å². The number of hydrogen-bond acceptors (Lipinski definition) is 9. The number of anilines is 2. The molecule has 40 heavy (non-hydrogen) atoms. The van der Waals surface area contributed by atoms with Gasteiger partial charge >= 0.3 is 7.12 Å². The molecule has 2 aliphatic heterocycles. The first kappa shape index (κ1) is 26.4. The van der Waals surface area contributed by atoms with Gasteiger partial charge in [-0.3, -0.25) is 4.79 Å². The summed E-state index contributed by atoms with van der Waals surface area (Å²) in [5.74, 6) is 0.645. The lowest BCUT2D eigenvalue weighted by Crippen LogP contribution is -2.45. The zero-order chi connectivity index (χ0) is 28.0. The van der Waals surface area contributed by atoms with Crippen molar-refractivity contribution in [3.63, 3.8) is 0 Å². The average molecular weight is 558 g/mol. The van der Waals surface area contributed by atoms with Gasteiger partial charge in [0.05, 0.1) is 28.5 Å². The molecule has 1 fully saturated rings. The summed E-state index contributed by atoms with van der Waals surface area (Å²) in [6.07, 6.45) is 1.56. The van der Waals surface area contributed by atoms with Gasteiger partial charge in [0, 0.05) is 49.3 Å². The molecule has 0 atom stereocenters. The molecule has 1 saturated heterocycles. The number of halogens is 1. The summed E-state index contributed by atoms with van der Waals surface area (Å²) in [6, 6.07) is 13.1. The van der Waals surface area contributed by atoms with Crippen LogP contribution in [0.3, 0.4) is 0 Å². The minimum absolute atomic E-state index is 0.00383. The number of hydrogen-bond donors (Lipinski definition) is 2. The van der Waals surface area contributed by atoms with E-state index in [2.05, 4.69) is 32.3 Å². The highest BCUT2D eigenvalue weighted by molar-refractivity contribution is 6.62. The predicted molar refractivity (Wildman–Crippen MR) is 160 cm³/mol. The van der Waals surface area contributed by atoms with Crippen molar-refractivity contribution in [2.45, 2.75) is 20.4 Å². The summed E-state index contributed by atoms with van der Waals surface area (Å²) in [5, 5.41) is 18.3. The lowest BCUT2D eigenvalue weighted by Gasteiger charge is -2.33. The van der Waals surface area contributed by atoms with Crippen molar-refractivity contribution >= 4 is 52.9 Å². The normalized spacial score (nSPS) is 15.3. The van der Waals surface area contributed by atoms with Crippen LogP contribution in [0.1, 0.15) is 22.3 Å². The Morgan fingerprint density at radius 3 is 2.70 bits per heavy atom. The third-order valence-corrected chi connectivity index (χ3v) is 7.73. The van der Waals surface area contributed by atoms with Crippen LogP contribution in [0.15, 0.2) is 56.8 Å². The maximum Gasteiger partial charge on any atom is 0.583 e. The predicted octanol–water partition coefficient (Wildman–Crippen LogP) is 3.54. The molecular formula is C29H29BClN5O4. The second-order valence-corrected chi connectivity index (χ2v) is 10.8. The summed E-state index contributed by atoms with van der Waals surface area (Å²) < 4.78 is 11.4. The molecule has 0 radical (unpaired) electrons. The maximum atomic E-state index is 13.5. The first-order valence-electron chi connectivity index (χ1n) is 13.2. The lowest BCUT2D eigenvalue weighted by atomic mass is 9.75. The Morgan fingerprint density at radius 1 is 1.10 bits per heavy atom. The fourth-order valence-electron chi connectivity index (χ4n) is 5.30. The van der Waals surface area contributed by atoms with Gasteiger partial charge in [0.2, 0.25) is 5.88 Å². The number of likely N-dealkylation sites (N-methyl/N-ethyl adjacent to an activating group) is 1. The zero-order valence-electron chi connectivity index (χ0n) is 22.6. The van der Waals surface area contributed by atoms with E-state index in [0.29, 0.717) is 45.3 Å². The molecule has 2 aromatic heterocycles. The van der Waals surface area contributed by atoms with Crippen LogP contribution in [0.2, 0.25) is 5.15 Å². The second-order valence-electron chi connectivity index (χ2n) is 10.4. The highest BCUT2D eigenvalue weighted by atomic mass is 35.5. The molecule has 204 valence electrons. The fourth-order valence-corrected chi connectivity index (χ4v) is 5.45. The molecule has 2 N–H and O–H groups in total. The van der Waals surface area contributed by atoms with E-state index in [9.17, 15) is 9.82 Å². The van der Waals surface area contributed by atoms with Gasteiger partial charge in [-0.25, -0.2) is 4.98 Å².